The van der Waals surface area contributed by atoms with Gasteiger partial charge in [-0.05, 0) is 102 Å². The van der Waals surface area contributed by atoms with E-state index in [1.165, 1.54) is 74.3 Å². The first-order valence-corrected chi connectivity index (χ1v) is 16.0. The Hall–Kier alpha value is -3.08. The maximum Gasteiger partial charge on any atom is 0.147 e. The molecule has 0 spiro atoms. The molecule has 0 nitrogen and oxygen atoms in total. The van der Waals surface area contributed by atoms with E-state index in [1.807, 2.05) is 0 Å². The van der Waals surface area contributed by atoms with E-state index in [2.05, 4.69) is 118 Å². The molecule has 5 aromatic rings. The smallest absolute Gasteiger partial charge is 0.125 e. The Balaban J connectivity index is 1.52. The fourth-order valence-corrected chi connectivity index (χ4v) is 12.9. The van der Waals surface area contributed by atoms with Gasteiger partial charge in [-0.1, -0.05) is 95.7 Å². The van der Waals surface area contributed by atoms with Crippen molar-refractivity contribution in [3.8, 4) is 11.5 Å². The van der Waals surface area contributed by atoms with Crippen LogP contribution in [0.4, 0.5) is 0 Å². The summed E-state index contributed by atoms with van der Waals surface area (Å²) in [4.78, 5) is 0. The minimum Gasteiger partial charge on any atom is -0.125 e. The Morgan fingerprint density at radius 1 is 0.611 bits per heavy atom. The predicted octanol–water partition coefficient (Wildman–Crippen LogP) is 10.4. The van der Waals surface area contributed by atoms with E-state index in [4.69, 9.17) is 0 Å². The van der Waals surface area contributed by atoms with Crippen molar-refractivity contribution < 1.29 is 0 Å². The van der Waals surface area contributed by atoms with Crippen LogP contribution in [0, 0.1) is 11.5 Å². The molecule has 1 aliphatic rings. The Morgan fingerprint density at radius 3 is 1.69 bits per heavy atom. The van der Waals surface area contributed by atoms with Crippen molar-refractivity contribution in [2.75, 3.05) is 0 Å². The fraction of sp³-hybridized carbons (Fsp3) is 0.314. The van der Waals surface area contributed by atoms with Crippen molar-refractivity contribution in [2.45, 2.75) is 70.0 Å². The summed E-state index contributed by atoms with van der Waals surface area (Å²) < 4.78 is 0. The molecule has 0 atom stereocenters. The third kappa shape index (κ3) is 3.84. The van der Waals surface area contributed by atoms with Gasteiger partial charge in [-0.15, -0.1) is 5.54 Å². The Morgan fingerprint density at radius 2 is 1.11 bits per heavy atom. The number of benzene rings is 5. The molecular formula is C35H36Si. The fourth-order valence-electron chi connectivity index (χ4n) is 7.16. The van der Waals surface area contributed by atoms with Crippen LogP contribution >= 0.6 is 0 Å². The Bertz CT molecular complexity index is 1650. The van der Waals surface area contributed by atoms with Crippen LogP contribution in [0.3, 0.4) is 0 Å². The lowest BCUT2D eigenvalue weighted by Gasteiger charge is -2.39. The highest BCUT2D eigenvalue weighted by atomic mass is 28.3. The van der Waals surface area contributed by atoms with E-state index >= 15 is 0 Å². The minimum absolute atomic E-state index is 0.685. The topological polar surface area (TPSA) is 0 Å². The standard InChI is InChI=1S/C35H36Si/c1-24(2)36(25(3)4,34-14-7-8-15-34)17-16-26-12-9-13-29-20-32-21-30-18-27-10-5-6-11-28(27)19-31(30)22-33(32)23-35(26)29/h5-6,9-13,18-25,34H,7-8,14-15H2,1-4H3. The van der Waals surface area contributed by atoms with E-state index in [-0.39, 0.29) is 0 Å². The SMILES string of the molecule is CC(C)[Si](C#Cc1cccc2cc3cc4cc5ccccc5cc4cc3cc12)(C(C)C)C1CCCC1. The minimum atomic E-state index is -1.76. The second-order valence-corrected chi connectivity index (χ2v) is 16.8. The van der Waals surface area contributed by atoms with Crippen LogP contribution < -0.4 is 0 Å². The molecule has 5 aromatic carbocycles. The molecule has 36 heavy (non-hydrogen) atoms. The van der Waals surface area contributed by atoms with Crippen molar-refractivity contribution in [1.29, 1.82) is 0 Å². The summed E-state index contributed by atoms with van der Waals surface area (Å²) in [6.07, 6.45) is 5.56. The molecule has 1 aliphatic carbocycles. The largest absolute Gasteiger partial charge is 0.147 e. The number of hydrogen-bond acceptors (Lipinski definition) is 0. The lowest BCUT2D eigenvalue weighted by molar-refractivity contribution is 0.764. The number of hydrogen-bond donors (Lipinski definition) is 0. The summed E-state index contributed by atoms with van der Waals surface area (Å²) in [6, 6.07) is 29.4. The molecule has 0 aromatic heterocycles. The van der Waals surface area contributed by atoms with Crippen molar-refractivity contribution in [1.82, 2.24) is 0 Å². The summed E-state index contributed by atoms with van der Waals surface area (Å²) in [7, 11) is -1.76. The van der Waals surface area contributed by atoms with Gasteiger partial charge in [-0.2, -0.15) is 0 Å². The molecule has 180 valence electrons. The first-order chi connectivity index (χ1) is 17.5. The monoisotopic (exact) mass is 484 g/mol. The third-order valence-electron chi connectivity index (χ3n) is 9.01. The highest BCUT2D eigenvalue weighted by Crippen LogP contribution is 2.49. The van der Waals surface area contributed by atoms with Gasteiger partial charge in [-0.25, -0.2) is 0 Å². The predicted molar refractivity (Wildman–Crippen MR) is 162 cm³/mol. The van der Waals surface area contributed by atoms with Gasteiger partial charge in [0.15, 0.2) is 0 Å². The van der Waals surface area contributed by atoms with Crippen LogP contribution in [0.5, 0.6) is 0 Å². The first kappa shape index (κ1) is 23.3. The summed E-state index contributed by atoms with van der Waals surface area (Å²) >= 11 is 0. The van der Waals surface area contributed by atoms with Crippen LogP contribution in [-0.4, -0.2) is 8.07 Å². The molecule has 0 amide bonds. The van der Waals surface area contributed by atoms with Crippen LogP contribution in [0.2, 0.25) is 16.6 Å². The summed E-state index contributed by atoms with van der Waals surface area (Å²) in [5.41, 5.74) is 7.49. The van der Waals surface area contributed by atoms with Gasteiger partial charge in [0.25, 0.3) is 0 Å². The average Bonchev–Trinajstić information content (AvgIpc) is 3.40. The number of fused-ring (bicyclic) bond motifs is 4. The quantitative estimate of drug-likeness (QED) is 0.136. The molecule has 0 heterocycles. The van der Waals surface area contributed by atoms with Crippen LogP contribution in [0.25, 0.3) is 43.1 Å². The molecule has 0 N–H and O–H groups in total. The molecule has 1 saturated carbocycles. The molecule has 0 aliphatic heterocycles. The third-order valence-corrected chi connectivity index (χ3v) is 15.3. The molecule has 1 fully saturated rings. The average molecular weight is 485 g/mol. The molecule has 0 unspecified atom stereocenters. The van der Waals surface area contributed by atoms with Crippen molar-refractivity contribution in [2.24, 2.45) is 0 Å². The Labute approximate surface area is 216 Å². The second kappa shape index (κ2) is 9.09. The molecule has 6 rings (SSSR count). The van der Waals surface area contributed by atoms with E-state index in [0.29, 0.717) is 11.1 Å². The van der Waals surface area contributed by atoms with Crippen LogP contribution in [-0.2, 0) is 0 Å². The van der Waals surface area contributed by atoms with Gasteiger partial charge < -0.3 is 0 Å². The normalized spacial score (nSPS) is 14.9. The summed E-state index contributed by atoms with van der Waals surface area (Å²) in [6.45, 7) is 9.80. The maximum atomic E-state index is 4.07. The van der Waals surface area contributed by atoms with Gasteiger partial charge in [0.05, 0.1) is 0 Å². The first-order valence-electron chi connectivity index (χ1n) is 13.8. The zero-order valence-electron chi connectivity index (χ0n) is 22.1. The van der Waals surface area contributed by atoms with Gasteiger partial charge in [0.1, 0.15) is 8.07 Å². The molecular weight excluding hydrogens is 448 g/mol. The maximum absolute atomic E-state index is 4.07. The number of rotatable bonds is 3. The molecule has 0 radical (unpaired) electrons. The van der Waals surface area contributed by atoms with Gasteiger partial charge >= 0.3 is 0 Å². The van der Waals surface area contributed by atoms with E-state index in [9.17, 15) is 0 Å². The zero-order chi connectivity index (χ0) is 24.9. The van der Waals surface area contributed by atoms with E-state index in [0.717, 1.165) is 5.54 Å². The van der Waals surface area contributed by atoms with Gasteiger partial charge in [0, 0.05) is 5.56 Å². The molecule has 0 saturated heterocycles. The summed E-state index contributed by atoms with van der Waals surface area (Å²) in [5, 5.41) is 10.4. The lowest BCUT2D eigenvalue weighted by atomic mass is 9.96. The Kier molecular flexibility index (Phi) is 5.89. The molecule has 0 bridgehead atoms. The highest BCUT2D eigenvalue weighted by Gasteiger charge is 2.46. The van der Waals surface area contributed by atoms with Crippen LogP contribution in [0.1, 0.15) is 58.9 Å². The van der Waals surface area contributed by atoms with Gasteiger partial charge in [-0.3, -0.25) is 0 Å². The lowest BCUT2D eigenvalue weighted by Crippen LogP contribution is -2.44. The molecule has 1 heteroatoms. The highest BCUT2D eigenvalue weighted by molar-refractivity contribution is 6.90. The van der Waals surface area contributed by atoms with Gasteiger partial charge in [0.2, 0.25) is 0 Å². The van der Waals surface area contributed by atoms with Crippen molar-refractivity contribution in [3.63, 3.8) is 0 Å². The van der Waals surface area contributed by atoms with E-state index in [1.54, 1.807) is 0 Å². The van der Waals surface area contributed by atoms with Crippen molar-refractivity contribution in [3.05, 3.63) is 84.4 Å². The van der Waals surface area contributed by atoms with Crippen molar-refractivity contribution >= 4 is 51.2 Å². The summed E-state index contributed by atoms with van der Waals surface area (Å²) in [5.74, 6) is 3.81. The second-order valence-electron chi connectivity index (χ2n) is 11.6. The van der Waals surface area contributed by atoms with Crippen LogP contribution in [0.15, 0.2) is 78.9 Å². The zero-order valence-corrected chi connectivity index (χ0v) is 23.1. The van der Waals surface area contributed by atoms with E-state index < -0.39 is 8.07 Å².